The van der Waals surface area contributed by atoms with Gasteiger partial charge in [-0.1, -0.05) is 6.07 Å². The molecular weight excluding hydrogens is 238 g/mol. The second kappa shape index (κ2) is 3.60. The average molecular weight is 253 g/mol. The van der Waals surface area contributed by atoms with E-state index in [9.17, 15) is 0 Å². The van der Waals surface area contributed by atoms with E-state index < -0.39 is 0 Å². The molecule has 2 N–H and O–H groups in total. The third-order valence-electron chi connectivity index (χ3n) is 3.82. The summed E-state index contributed by atoms with van der Waals surface area (Å²) < 4.78 is 4.01. The summed E-state index contributed by atoms with van der Waals surface area (Å²) in [5.41, 5.74) is 10.1. The number of rotatable bonds is 1. The molecule has 0 bridgehead atoms. The van der Waals surface area contributed by atoms with Gasteiger partial charge in [-0.3, -0.25) is 4.68 Å². The lowest BCUT2D eigenvalue weighted by atomic mass is 10.1. The molecule has 0 unspecified atom stereocenters. The highest BCUT2D eigenvalue weighted by molar-refractivity contribution is 5.82. The number of aryl methyl sites for hydroxylation is 3. The number of imidazole rings is 1. The maximum absolute atomic E-state index is 5.84. The number of nitrogen functional groups attached to an aromatic ring is 1. The van der Waals surface area contributed by atoms with Crippen LogP contribution in [0.4, 0.5) is 5.82 Å². The molecule has 0 saturated heterocycles. The maximum Gasteiger partial charge on any atom is 0.121 e. The highest BCUT2D eigenvalue weighted by atomic mass is 15.3. The van der Waals surface area contributed by atoms with Gasteiger partial charge in [-0.25, -0.2) is 4.98 Å². The van der Waals surface area contributed by atoms with Crippen LogP contribution in [0.15, 0.2) is 24.3 Å². The van der Waals surface area contributed by atoms with Crippen molar-refractivity contribution in [1.82, 2.24) is 19.3 Å². The van der Waals surface area contributed by atoms with Crippen molar-refractivity contribution in [3.8, 4) is 11.3 Å². The number of nitrogens with two attached hydrogens (primary N) is 1. The minimum atomic E-state index is 0.675. The van der Waals surface area contributed by atoms with Crippen LogP contribution in [-0.4, -0.2) is 19.3 Å². The van der Waals surface area contributed by atoms with Crippen LogP contribution < -0.4 is 5.73 Å². The summed E-state index contributed by atoms with van der Waals surface area (Å²) in [6.07, 6.45) is 2.28. The Balaban J connectivity index is 1.91. The van der Waals surface area contributed by atoms with E-state index in [0.29, 0.717) is 5.82 Å². The van der Waals surface area contributed by atoms with Crippen molar-refractivity contribution < 1.29 is 0 Å². The van der Waals surface area contributed by atoms with Gasteiger partial charge in [0.25, 0.3) is 0 Å². The molecule has 0 atom stereocenters. The van der Waals surface area contributed by atoms with Crippen molar-refractivity contribution in [2.24, 2.45) is 7.05 Å². The first-order chi connectivity index (χ1) is 9.22. The predicted molar refractivity (Wildman–Crippen MR) is 74.7 cm³/mol. The van der Waals surface area contributed by atoms with Crippen molar-refractivity contribution in [2.45, 2.75) is 19.4 Å². The van der Waals surface area contributed by atoms with E-state index in [1.54, 1.807) is 4.68 Å². The fraction of sp³-hybridized carbons (Fsp3) is 0.286. The minimum Gasteiger partial charge on any atom is -0.384 e. The van der Waals surface area contributed by atoms with Gasteiger partial charge in [0.2, 0.25) is 0 Å². The Labute approximate surface area is 110 Å². The second-order valence-electron chi connectivity index (χ2n) is 5.06. The lowest BCUT2D eigenvalue weighted by molar-refractivity contribution is 0.771. The topological polar surface area (TPSA) is 61.7 Å². The van der Waals surface area contributed by atoms with Crippen LogP contribution in [0, 0.1) is 0 Å². The first-order valence-corrected chi connectivity index (χ1v) is 6.51. The molecule has 96 valence electrons. The third-order valence-corrected chi connectivity index (χ3v) is 3.82. The normalized spacial score (nSPS) is 14.2. The molecule has 2 aromatic heterocycles. The molecule has 5 heteroatoms. The lowest BCUT2D eigenvalue weighted by Gasteiger charge is -2.01. The molecule has 1 aliphatic rings. The number of aromatic nitrogens is 4. The van der Waals surface area contributed by atoms with Crippen LogP contribution in [-0.2, 0) is 20.0 Å². The standard InChI is InChI=1S/C14H15N5/c1-18-13(15)8-11(17-18)9-4-5-10-12(7-9)19-6-2-3-14(19)16-10/h4-5,7-8H,2-3,6,15H2,1H3. The number of benzene rings is 1. The van der Waals surface area contributed by atoms with E-state index in [1.807, 2.05) is 13.1 Å². The van der Waals surface area contributed by atoms with Gasteiger partial charge >= 0.3 is 0 Å². The van der Waals surface area contributed by atoms with Crippen molar-refractivity contribution in [1.29, 1.82) is 0 Å². The van der Waals surface area contributed by atoms with Crippen LogP contribution >= 0.6 is 0 Å². The van der Waals surface area contributed by atoms with Gasteiger partial charge in [0.1, 0.15) is 11.6 Å². The Hall–Kier alpha value is -2.30. The van der Waals surface area contributed by atoms with Gasteiger partial charge < -0.3 is 10.3 Å². The van der Waals surface area contributed by atoms with Crippen LogP contribution in [0.5, 0.6) is 0 Å². The SMILES string of the molecule is Cn1nc(-c2ccc3nc4n(c3c2)CCC4)cc1N. The average Bonchev–Trinajstić information content (AvgIpc) is 3.04. The smallest absolute Gasteiger partial charge is 0.121 e. The Morgan fingerprint density at radius 2 is 2.16 bits per heavy atom. The molecule has 3 aromatic rings. The van der Waals surface area contributed by atoms with Gasteiger partial charge in [-0.05, 0) is 18.6 Å². The molecule has 1 aromatic carbocycles. The summed E-state index contributed by atoms with van der Waals surface area (Å²) in [4.78, 5) is 4.66. The molecule has 3 heterocycles. The highest BCUT2D eigenvalue weighted by Gasteiger charge is 2.16. The summed E-state index contributed by atoms with van der Waals surface area (Å²) in [7, 11) is 1.86. The Kier molecular flexibility index (Phi) is 2.01. The van der Waals surface area contributed by atoms with Gasteiger partial charge in [0.15, 0.2) is 0 Å². The van der Waals surface area contributed by atoms with Crippen LogP contribution in [0.2, 0.25) is 0 Å². The molecular formula is C14H15N5. The van der Waals surface area contributed by atoms with Gasteiger partial charge in [0.05, 0.1) is 16.7 Å². The zero-order chi connectivity index (χ0) is 13.0. The first-order valence-electron chi connectivity index (χ1n) is 6.51. The number of nitrogens with zero attached hydrogens (tertiary/aromatic N) is 4. The monoisotopic (exact) mass is 253 g/mol. The van der Waals surface area contributed by atoms with E-state index in [0.717, 1.165) is 29.7 Å². The highest BCUT2D eigenvalue weighted by Crippen LogP contribution is 2.28. The molecule has 0 radical (unpaired) electrons. The molecule has 0 aliphatic carbocycles. The third kappa shape index (κ3) is 1.47. The Morgan fingerprint density at radius 3 is 2.95 bits per heavy atom. The summed E-state index contributed by atoms with van der Waals surface area (Å²) in [5.74, 6) is 1.88. The molecule has 19 heavy (non-hydrogen) atoms. The molecule has 4 rings (SSSR count). The van der Waals surface area contributed by atoms with E-state index in [2.05, 4.69) is 32.8 Å². The van der Waals surface area contributed by atoms with Crippen molar-refractivity contribution in [3.05, 3.63) is 30.1 Å². The molecule has 0 spiro atoms. The van der Waals surface area contributed by atoms with E-state index in [4.69, 9.17) is 5.73 Å². The lowest BCUT2D eigenvalue weighted by Crippen LogP contribution is -1.96. The van der Waals surface area contributed by atoms with E-state index in [1.165, 1.54) is 17.8 Å². The second-order valence-corrected chi connectivity index (χ2v) is 5.06. The fourth-order valence-corrected chi connectivity index (χ4v) is 2.79. The quantitative estimate of drug-likeness (QED) is 0.721. The number of anilines is 1. The van der Waals surface area contributed by atoms with Gasteiger partial charge in [-0.15, -0.1) is 0 Å². The summed E-state index contributed by atoms with van der Waals surface area (Å²) in [5, 5.41) is 4.43. The van der Waals surface area contributed by atoms with Gasteiger partial charge in [-0.2, -0.15) is 5.10 Å². The number of fused-ring (bicyclic) bond motifs is 3. The number of hydrogen-bond acceptors (Lipinski definition) is 3. The largest absolute Gasteiger partial charge is 0.384 e. The van der Waals surface area contributed by atoms with Crippen LogP contribution in [0.25, 0.3) is 22.3 Å². The van der Waals surface area contributed by atoms with Crippen LogP contribution in [0.1, 0.15) is 12.2 Å². The molecule has 1 aliphatic heterocycles. The maximum atomic E-state index is 5.84. The van der Waals surface area contributed by atoms with Crippen LogP contribution in [0.3, 0.4) is 0 Å². The van der Waals surface area contributed by atoms with E-state index >= 15 is 0 Å². The minimum absolute atomic E-state index is 0.675. The Morgan fingerprint density at radius 1 is 1.26 bits per heavy atom. The zero-order valence-electron chi connectivity index (χ0n) is 10.8. The van der Waals surface area contributed by atoms with Gasteiger partial charge in [0, 0.05) is 31.6 Å². The summed E-state index contributed by atoms with van der Waals surface area (Å²) >= 11 is 0. The zero-order valence-corrected chi connectivity index (χ0v) is 10.8. The molecule has 0 saturated carbocycles. The Bertz CT molecular complexity index is 761. The first kappa shape index (κ1) is 10.6. The molecule has 0 amide bonds. The summed E-state index contributed by atoms with van der Waals surface area (Å²) in [6, 6.07) is 8.20. The molecule has 0 fully saturated rings. The summed E-state index contributed by atoms with van der Waals surface area (Å²) in [6.45, 7) is 1.07. The van der Waals surface area contributed by atoms with Crippen molar-refractivity contribution >= 4 is 16.9 Å². The van der Waals surface area contributed by atoms with Crippen molar-refractivity contribution in [2.75, 3.05) is 5.73 Å². The number of hydrogen-bond donors (Lipinski definition) is 1. The van der Waals surface area contributed by atoms with Crippen molar-refractivity contribution in [3.63, 3.8) is 0 Å². The molecule has 5 nitrogen and oxygen atoms in total. The fourth-order valence-electron chi connectivity index (χ4n) is 2.79. The predicted octanol–water partition coefficient (Wildman–Crippen LogP) is 1.97. The van der Waals surface area contributed by atoms with E-state index in [-0.39, 0.29) is 0 Å².